The standard InChI is InChI=1S/C25H27F2N3O6S/c26-18-7-5-16(6-8-18)21(15-22(31)32)28-23(33)24-29(25(34)17-3-1-2-4-17)13-14-30(24)37(35,36)20-11-9-19(27)10-12-20/h5-12,17,21,24H,1-4,13-15H2,(H,28,33)(H,31,32). The highest BCUT2D eigenvalue weighted by Gasteiger charge is 2.48. The number of aliphatic carboxylic acids is 1. The van der Waals surface area contributed by atoms with Crippen LogP contribution in [-0.4, -0.2) is 59.8 Å². The number of hydrogen-bond acceptors (Lipinski definition) is 5. The van der Waals surface area contributed by atoms with Crippen molar-refractivity contribution in [3.8, 4) is 0 Å². The number of amides is 2. The van der Waals surface area contributed by atoms with Gasteiger partial charge in [0.2, 0.25) is 15.9 Å². The van der Waals surface area contributed by atoms with E-state index < -0.39 is 52.2 Å². The lowest BCUT2D eigenvalue weighted by atomic mass is 10.0. The molecule has 0 spiro atoms. The molecule has 2 aromatic carbocycles. The Hall–Kier alpha value is -3.38. The van der Waals surface area contributed by atoms with Gasteiger partial charge in [0.25, 0.3) is 5.91 Å². The number of nitrogens with zero attached hydrogens (tertiary/aromatic N) is 2. The summed E-state index contributed by atoms with van der Waals surface area (Å²) in [7, 11) is -4.32. The van der Waals surface area contributed by atoms with Gasteiger partial charge in [-0.3, -0.25) is 14.4 Å². The summed E-state index contributed by atoms with van der Waals surface area (Å²) in [4.78, 5) is 39.4. The quantitative estimate of drug-likeness (QED) is 0.536. The molecule has 1 saturated heterocycles. The minimum absolute atomic E-state index is 0.0337. The summed E-state index contributed by atoms with van der Waals surface area (Å²) in [5, 5.41) is 11.9. The molecular formula is C25H27F2N3O6S. The Kier molecular flexibility index (Phi) is 7.88. The zero-order valence-electron chi connectivity index (χ0n) is 19.8. The van der Waals surface area contributed by atoms with E-state index in [9.17, 15) is 36.7 Å². The second-order valence-electron chi connectivity index (χ2n) is 9.17. The summed E-state index contributed by atoms with van der Waals surface area (Å²) in [6.07, 6.45) is 0.844. The predicted octanol–water partition coefficient (Wildman–Crippen LogP) is 2.65. The molecule has 2 aliphatic rings. The minimum atomic E-state index is -4.32. The van der Waals surface area contributed by atoms with Crippen LogP contribution in [0.4, 0.5) is 8.78 Å². The number of rotatable bonds is 8. The molecule has 9 nitrogen and oxygen atoms in total. The van der Waals surface area contributed by atoms with Crippen LogP contribution < -0.4 is 5.32 Å². The summed E-state index contributed by atoms with van der Waals surface area (Å²) in [5.41, 5.74) is 0.303. The SMILES string of the molecule is O=C(O)CC(NC(=O)C1N(C(=O)C2CCCC2)CCN1S(=O)(=O)c1ccc(F)cc1)c1ccc(F)cc1. The van der Waals surface area contributed by atoms with Crippen LogP contribution in [0.2, 0.25) is 0 Å². The van der Waals surface area contributed by atoms with Crippen LogP contribution in [0.3, 0.4) is 0 Å². The van der Waals surface area contributed by atoms with Crippen molar-refractivity contribution in [2.24, 2.45) is 5.92 Å². The molecule has 2 atom stereocenters. The fourth-order valence-electron chi connectivity index (χ4n) is 4.88. The smallest absolute Gasteiger partial charge is 0.305 e. The second-order valence-corrected chi connectivity index (χ2v) is 11.1. The lowest BCUT2D eigenvalue weighted by Gasteiger charge is -2.31. The molecule has 0 radical (unpaired) electrons. The molecule has 2 unspecified atom stereocenters. The van der Waals surface area contributed by atoms with Gasteiger partial charge in [-0.05, 0) is 54.8 Å². The molecule has 2 fully saturated rings. The van der Waals surface area contributed by atoms with Crippen molar-refractivity contribution in [1.29, 1.82) is 0 Å². The average molecular weight is 536 g/mol. The number of carbonyl (C=O) groups is 3. The van der Waals surface area contributed by atoms with Gasteiger partial charge in [-0.1, -0.05) is 25.0 Å². The van der Waals surface area contributed by atoms with E-state index in [1.165, 1.54) is 17.0 Å². The first-order valence-corrected chi connectivity index (χ1v) is 13.4. The van der Waals surface area contributed by atoms with Crippen LogP contribution in [0.15, 0.2) is 53.4 Å². The van der Waals surface area contributed by atoms with Gasteiger partial charge in [-0.15, -0.1) is 0 Å². The van der Waals surface area contributed by atoms with E-state index in [-0.39, 0.29) is 29.8 Å². The first-order valence-electron chi connectivity index (χ1n) is 11.9. The zero-order valence-corrected chi connectivity index (χ0v) is 20.7. The molecule has 0 aromatic heterocycles. The van der Waals surface area contributed by atoms with Gasteiger partial charge in [0.05, 0.1) is 17.4 Å². The maximum absolute atomic E-state index is 13.6. The summed E-state index contributed by atoms with van der Waals surface area (Å²) in [6.45, 7) is -0.204. The molecule has 37 heavy (non-hydrogen) atoms. The Morgan fingerprint density at radius 3 is 2.08 bits per heavy atom. The lowest BCUT2D eigenvalue weighted by molar-refractivity contribution is -0.144. The second kappa shape index (κ2) is 10.9. The van der Waals surface area contributed by atoms with Gasteiger partial charge in [0.15, 0.2) is 6.17 Å². The minimum Gasteiger partial charge on any atom is -0.481 e. The maximum Gasteiger partial charge on any atom is 0.305 e. The van der Waals surface area contributed by atoms with Crippen LogP contribution in [-0.2, 0) is 24.4 Å². The third-order valence-corrected chi connectivity index (χ3v) is 8.61. The van der Waals surface area contributed by atoms with Crippen LogP contribution in [0.1, 0.15) is 43.7 Å². The van der Waals surface area contributed by atoms with E-state index >= 15 is 0 Å². The van der Waals surface area contributed by atoms with Gasteiger partial charge in [0.1, 0.15) is 11.6 Å². The van der Waals surface area contributed by atoms with Crippen molar-refractivity contribution in [3.63, 3.8) is 0 Å². The number of nitrogens with one attached hydrogen (secondary N) is 1. The molecule has 2 N–H and O–H groups in total. The van der Waals surface area contributed by atoms with Crippen LogP contribution in [0.25, 0.3) is 0 Å². The number of carboxylic acids is 1. The predicted molar refractivity (Wildman–Crippen MR) is 127 cm³/mol. The van der Waals surface area contributed by atoms with Crippen molar-refractivity contribution >= 4 is 27.8 Å². The van der Waals surface area contributed by atoms with Gasteiger partial charge < -0.3 is 15.3 Å². The molecule has 198 valence electrons. The molecular weight excluding hydrogens is 508 g/mol. The molecule has 0 bridgehead atoms. The molecule has 12 heteroatoms. The fraction of sp³-hybridized carbons (Fsp3) is 0.400. The Balaban J connectivity index is 1.68. The van der Waals surface area contributed by atoms with Gasteiger partial charge in [-0.2, -0.15) is 4.31 Å². The largest absolute Gasteiger partial charge is 0.481 e. The van der Waals surface area contributed by atoms with Crippen molar-refractivity contribution < 1.29 is 36.7 Å². The Morgan fingerprint density at radius 2 is 1.51 bits per heavy atom. The summed E-state index contributed by atoms with van der Waals surface area (Å²) in [5.74, 6) is -3.99. The average Bonchev–Trinajstić information content (AvgIpc) is 3.55. The normalized spacial score (nSPS) is 19.6. The van der Waals surface area contributed by atoms with Gasteiger partial charge >= 0.3 is 5.97 Å². The number of halogens is 2. The Labute approximate surface area is 213 Å². The van der Waals surface area contributed by atoms with E-state index in [0.717, 1.165) is 53.5 Å². The monoisotopic (exact) mass is 535 g/mol. The van der Waals surface area contributed by atoms with Crippen LogP contribution in [0, 0.1) is 17.6 Å². The van der Waals surface area contributed by atoms with E-state index in [1.807, 2.05) is 0 Å². The Bertz CT molecular complexity index is 1260. The van der Waals surface area contributed by atoms with E-state index in [2.05, 4.69) is 5.32 Å². The van der Waals surface area contributed by atoms with Crippen molar-refractivity contribution in [2.75, 3.05) is 13.1 Å². The molecule has 1 aliphatic carbocycles. The van der Waals surface area contributed by atoms with Crippen LogP contribution in [0.5, 0.6) is 0 Å². The number of carboxylic acid groups (broad SMARTS) is 1. The maximum atomic E-state index is 13.6. The number of benzene rings is 2. The number of carbonyl (C=O) groups excluding carboxylic acids is 2. The first kappa shape index (κ1) is 26.7. The van der Waals surface area contributed by atoms with Gasteiger partial charge in [0, 0.05) is 19.0 Å². The fourth-order valence-corrected chi connectivity index (χ4v) is 6.42. The van der Waals surface area contributed by atoms with Crippen molar-refractivity contribution in [2.45, 2.75) is 49.2 Å². The highest BCUT2D eigenvalue weighted by atomic mass is 32.2. The first-order chi connectivity index (χ1) is 17.6. The lowest BCUT2D eigenvalue weighted by Crippen LogP contribution is -2.55. The summed E-state index contributed by atoms with van der Waals surface area (Å²) >= 11 is 0. The third kappa shape index (κ3) is 5.80. The van der Waals surface area contributed by atoms with E-state index in [4.69, 9.17) is 0 Å². The number of sulfonamides is 1. The molecule has 1 aliphatic heterocycles. The highest BCUT2D eigenvalue weighted by molar-refractivity contribution is 7.89. The third-order valence-electron chi connectivity index (χ3n) is 6.74. The highest BCUT2D eigenvalue weighted by Crippen LogP contribution is 2.32. The zero-order chi connectivity index (χ0) is 26.7. The van der Waals surface area contributed by atoms with E-state index in [0.29, 0.717) is 18.4 Å². The number of hydrogen-bond donors (Lipinski definition) is 2. The van der Waals surface area contributed by atoms with Crippen molar-refractivity contribution in [1.82, 2.24) is 14.5 Å². The van der Waals surface area contributed by atoms with Crippen LogP contribution >= 0.6 is 0 Å². The van der Waals surface area contributed by atoms with Gasteiger partial charge in [-0.25, -0.2) is 17.2 Å². The molecule has 4 rings (SSSR count). The molecule has 2 aromatic rings. The Morgan fingerprint density at radius 1 is 0.946 bits per heavy atom. The molecule has 2 amide bonds. The summed E-state index contributed by atoms with van der Waals surface area (Å²) < 4.78 is 54.7. The topological polar surface area (TPSA) is 124 Å². The summed E-state index contributed by atoms with van der Waals surface area (Å²) in [6, 6.07) is 7.90. The van der Waals surface area contributed by atoms with E-state index in [1.54, 1.807) is 0 Å². The van der Waals surface area contributed by atoms with Crippen molar-refractivity contribution in [3.05, 3.63) is 65.7 Å². The molecule has 1 saturated carbocycles. The molecule has 1 heterocycles.